The number of hydrogen-bond donors (Lipinski definition) is 3. The Labute approximate surface area is 147 Å². The molecule has 0 heterocycles. The lowest BCUT2D eigenvalue weighted by Crippen LogP contribution is -2.45. The Morgan fingerprint density at radius 2 is 2.00 bits per heavy atom. The molecule has 2 bridgehead atoms. The van der Waals surface area contributed by atoms with Crippen LogP contribution in [0.1, 0.15) is 51.2 Å². The molecule has 2 aliphatic rings. The van der Waals surface area contributed by atoms with Gasteiger partial charge in [0.25, 0.3) is 0 Å². The number of carbonyl (C=O) groups is 1. The van der Waals surface area contributed by atoms with Gasteiger partial charge in [0.1, 0.15) is 0 Å². The van der Waals surface area contributed by atoms with Gasteiger partial charge in [-0.1, -0.05) is 20.8 Å². The number of rotatable bonds is 4. The molecule has 0 radical (unpaired) electrons. The summed E-state index contributed by atoms with van der Waals surface area (Å²) in [5.74, 6) is -0.472. The first-order chi connectivity index (χ1) is 11.6. The monoisotopic (exact) mass is 346 g/mol. The largest absolute Gasteiger partial charge is 0.504 e. The van der Waals surface area contributed by atoms with Crippen LogP contribution in [0.25, 0.3) is 6.08 Å². The molecule has 2 fully saturated rings. The van der Waals surface area contributed by atoms with Crippen molar-refractivity contribution in [3.63, 3.8) is 0 Å². The van der Waals surface area contributed by atoms with Gasteiger partial charge in [-0.15, -0.1) is 0 Å². The van der Waals surface area contributed by atoms with E-state index in [0.29, 0.717) is 23.5 Å². The van der Waals surface area contributed by atoms with Crippen molar-refractivity contribution in [2.75, 3.05) is 7.11 Å². The number of benzene rings is 1. The van der Waals surface area contributed by atoms with E-state index in [1.807, 2.05) is 0 Å². The SMILES string of the molecule is COc1cc(C=CC(=O)O)c(C2(O)CC3CCC2(C)C3(C)C)cc1O. The van der Waals surface area contributed by atoms with Gasteiger partial charge in [-0.3, -0.25) is 0 Å². The van der Waals surface area contributed by atoms with Crippen molar-refractivity contribution in [2.24, 2.45) is 16.7 Å². The fourth-order valence-electron chi connectivity index (χ4n) is 5.09. The van der Waals surface area contributed by atoms with Crippen molar-refractivity contribution < 1.29 is 24.9 Å². The molecule has 136 valence electrons. The highest BCUT2D eigenvalue weighted by atomic mass is 16.5. The smallest absolute Gasteiger partial charge is 0.328 e. The third kappa shape index (κ3) is 2.29. The summed E-state index contributed by atoms with van der Waals surface area (Å²) in [6, 6.07) is 3.12. The van der Waals surface area contributed by atoms with E-state index >= 15 is 0 Å². The van der Waals surface area contributed by atoms with Gasteiger partial charge in [0, 0.05) is 11.5 Å². The highest BCUT2D eigenvalue weighted by Gasteiger charge is 2.69. The van der Waals surface area contributed by atoms with Gasteiger partial charge in [0.15, 0.2) is 11.5 Å². The minimum Gasteiger partial charge on any atom is -0.504 e. The fraction of sp³-hybridized carbons (Fsp3) is 0.550. The van der Waals surface area contributed by atoms with Gasteiger partial charge < -0.3 is 20.1 Å². The van der Waals surface area contributed by atoms with Crippen molar-refractivity contribution in [3.8, 4) is 11.5 Å². The number of ether oxygens (including phenoxy) is 1. The molecule has 0 aromatic heterocycles. The van der Waals surface area contributed by atoms with Gasteiger partial charge in [0.05, 0.1) is 12.7 Å². The summed E-state index contributed by atoms with van der Waals surface area (Å²) < 4.78 is 5.16. The second-order valence-electron chi connectivity index (χ2n) is 8.14. The molecule has 1 aromatic carbocycles. The van der Waals surface area contributed by atoms with E-state index in [-0.39, 0.29) is 22.3 Å². The van der Waals surface area contributed by atoms with Gasteiger partial charge in [-0.2, -0.15) is 0 Å². The second-order valence-corrected chi connectivity index (χ2v) is 8.14. The van der Waals surface area contributed by atoms with E-state index in [2.05, 4.69) is 20.8 Å². The molecular formula is C20H26O5. The third-order valence-corrected chi connectivity index (χ3v) is 7.09. The van der Waals surface area contributed by atoms with Gasteiger partial charge in [-0.25, -0.2) is 4.79 Å². The Kier molecular flexibility index (Phi) is 3.91. The molecule has 0 saturated heterocycles. The maximum atomic E-state index is 11.7. The van der Waals surface area contributed by atoms with Crippen LogP contribution in [0.15, 0.2) is 18.2 Å². The number of fused-ring (bicyclic) bond motifs is 2. The average Bonchev–Trinajstić information content (AvgIpc) is 2.85. The number of aliphatic carboxylic acids is 1. The van der Waals surface area contributed by atoms with Gasteiger partial charge >= 0.3 is 5.97 Å². The topological polar surface area (TPSA) is 87.0 Å². The summed E-state index contributed by atoms with van der Waals surface area (Å²) in [6.45, 7) is 6.49. The molecule has 1 aromatic rings. The van der Waals surface area contributed by atoms with E-state index in [4.69, 9.17) is 9.84 Å². The molecule has 2 aliphatic carbocycles. The van der Waals surface area contributed by atoms with Crippen LogP contribution < -0.4 is 4.74 Å². The van der Waals surface area contributed by atoms with Crippen molar-refractivity contribution >= 4 is 12.0 Å². The summed E-state index contributed by atoms with van der Waals surface area (Å²) in [7, 11) is 1.44. The van der Waals surface area contributed by atoms with Crippen molar-refractivity contribution in [1.82, 2.24) is 0 Å². The Bertz CT molecular complexity index is 751. The van der Waals surface area contributed by atoms with E-state index in [1.54, 1.807) is 6.07 Å². The van der Waals surface area contributed by atoms with Crippen LogP contribution in [0.2, 0.25) is 0 Å². The van der Waals surface area contributed by atoms with E-state index in [9.17, 15) is 15.0 Å². The zero-order chi connectivity index (χ0) is 18.6. The normalized spacial score (nSPS) is 33.1. The predicted molar refractivity (Wildman–Crippen MR) is 94.5 cm³/mol. The molecule has 25 heavy (non-hydrogen) atoms. The number of carboxylic acids is 1. The summed E-state index contributed by atoms with van der Waals surface area (Å²) in [5, 5.41) is 31.0. The van der Waals surface area contributed by atoms with E-state index in [0.717, 1.165) is 18.9 Å². The van der Waals surface area contributed by atoms with Crippen molar-refractivity contribution in [1.29, 1.82) is 0 Å². The maximum absolute atomic E-state index is 11.7. The van der Waals surface area contributed by atoms with Crippen LogP contribution in [0, 0.1) is 16.7 Å². The highest BCUT2D eigenvalue weighted by molar-refractivity contribution is 5.86. The molecule has 0 amide bonds. The summed E-state index contributed by atoms with van der Waals surface area (Å²) in [5.41, 5.74) is -0.380. The zero-order valence-corrected chi connectivity index (χ0v) is 15.2. The van der Waals surface area contributed by atoms with Crippen LogP contribution in [-0.2, 0) is 10.4 Å². The summed E-state index contributed by atoms with van der Waals surface area (Å²) in [4.78, 5) is 11.0. The number of phenolic OH excluding ortho intramolecular Hbond substituents is 1. The molecule has 3 unspecified atom stereocenters. The number of hydrogen-bond acceptors (Lipinski definition) is 4. The Morgan fingerprint density at radius 3 is 2.48 bits per heavy atom. The standard InChI is InChI=1S/C20H26O5/c1-18(2)13-7-8-19(18,3)20(24,11-13)14-10-15(21)16(25-4)9-12(14)5-6-17(22)23/h5-6,9-10,13,21,24H,7-8,11H2,1-4H3,(H,22,23). The molecule has 5 heteroatoms. The van der Waals surface area contributed by atoms with Crippen LogP contribution in [0.5, 0.6) is 11.5 Å². The third-order valence-electron chi connectivity index (χ3n) is 7.09. The van der Waals surface area contributed by atoms with E-state index < -0.39 is 11.6 Å². The van der Waals surface area contributed by atoms with Crippen LogP contribution in [0.4, 0.5) is 0 Å². The first-order valence-corrected chi connectivity index (χ1v) is 8.61. The number of aromatic hydroxyl groups is 1. The molecular weight excluding hydrogens is 320 g/mol. The maximum Gasteiger partial charge on any atom is 0.328 e. The first kappa shape index (κ1) is 17.8. The minimum atomic E-state index is -1.12. The van der Waals surface area contributed by atoms with Crippen LogP contribution >= 0.6 is 0 Å². The van der Waals surface area contributed by atoms with Crippen LogP contribution in [0.3, 0.4) is 0 Å². The predicted octanol–water partition coefficient (Wildman–Crippen LogP) is 3.53. The fourth-order valence-corrected chi connectivity index (χ4v) is 5.09. The minimum absolute atomic E-state index is 0.0366. The van der Waals surface area contributed by atoms with Crippen molar-refractivity contribution in [3.05, 3.63) is 29.3 Å². The van der Waals surface area contributed by atoms with E-state index in [1.165, 1.54) is 19.3 Å². The molecule has 0 aliphatic heterocycles. The lowest BCUT2D eigenvalue weighted by atomic mass is 9.62. The molecule has 0 spiro atoms. The average molecular weight is 346 g/mol. The Balaban J connectivity index is 2.20. The number of aliphatic hydroxyl groups is 1. The molecule has 5 nitrogen and oxygen atoms in total. The van der Waals surface area contributed by atoms with Gasteiger partial charge in [-0.05, 0) is 59.9 Å². The van der Waals surface area contributed by atoms with Gasteiger partial charge in [0.2, 0.25) is 0 Å². The summed E-state index contributed by atoms with van der Waals surface area (Å²) >= 11 is 0. The quantitative estimate of drug-likeness (QED) is 0.726. The molecule has 2 saturated carbocycles. The molecule has 3 atom stereocenters. The number of methoxy groups -OCH3 is 1. The molecule has 3 N–H and O–H groups in total. The Hall–Kier alpha value is -2.01. The highest BCUT2D eigenvalue weighted by Crippen LogP contribution is 2.73. The Morgan fingerprint density at radius 1 is 1.32 bits per heavy atom. The zero-order valence-electron chi connectivity index (χ0n) is 15.2. The number of carboxylic acid groups (broad SMARTS) is 1. The number of phenols is 1. The van der Waals surface area contributed by atoms with Crippen molar-refractivity contribution in [2.45, 2.75) is 45.6 Å². The second kappa shape index (κ2) is 5.49. The first-order valence-electron chi connectivity index (χ1n) is 8.61. The molecule has 3 rings (SSSR count). The van der Waals surface area contributed by atoms with Crippen LogP contribution in [-0.4, -0.2) is 28.4 Å². The lowest BCUT2D eigenvalue weighted by Gasteiger charge is -2.46. The lowest BCUT2D eigenvalue weighted by molar-refractivity contribution is -0.131. The summed E-state index contributed by atoms with van der Waals surface area (Å²) in [6.07, 6.45) is 5.08.